The number of nitrogens with one attached hydrogen (secondary N) is 2. The topological polar surface area (TPSA) is 71.4 Å². The third-order valence-corrected chi connectivity index (χ3v) is 3.84. The van der Waals surface area contributed by atoms with Gasteiger partial charge < -0.3 is 20.3 Å². The Hall–Kier alpha value is -2.54. The lowest BCUT2D eigenvalue weighted by Gasteiger charge is -2.23. The maximum Gasteiger partial charge on any atom is 0.319 e. The van der Waals surface area contributed by atoms with E-state index in [4.69, 9.17) is 4.74 Å². The Kier molecular flexibility index (Phi) is 5.81. The fourth-order valence-electron chi connectivity index (χ4n) is 2.53. The molecule has 1 aromatic carbocycles. The number of carbonyl (C=O) groups excluding carboxylic acids is 1. The van der Waals surface area contributed by atoms with Crippen molar-refractivity contribution in [3.05, 3.63) is 41.7 Å². The first-order valence-electron chi connectivity index (χ1n) is 7.75. The molecule has 0 aliphatic heterocycles. The average Bonchev–Trinajstić information content (AvgIpc) is 2.93. The van der Waals surface area contributed by atoms with Crippen molar-refractivity contribution in [3.8, 4) is 5.75 Å². The van der Waals surface area contributed by atoms with Gasteiger partial charge >= 0.3 is 6.03 Å². The monoisotopic (exact) mass is 331 g/mol. The second-order valence-corrected chi connectivity index (χ2v) is 5.95. The van der Waals surface area contributed by atoms with Crippen LogP contribution in [0.15, 0.2) is 30.6 Å². The first kappa shape index (κ1) is 17.8. The van der Waals surface area contributed by atoms with Crippen molar-refractivity contribution in [3.63, 3.8) is 0 Å². The molecule has 1 heterocycles. The first-order chi connectivity index (χ1) is 11.4. The molecule has 1 atom stereocenters. The summed E-state index contributed by atoms with van der Waals surface area (Å²) in [5.74, 6) is 0.796. The molecule has 130 valence electrons. The van der Waals surface area contributed by atoms with Crippen LogP contribution in [-0.2, 0) is 7.05 Å². The zero-order valence-electron chi connectivity index (χ0n) is 14.8. The van der Waals surface area contributed by atoms with Gasteiger partial charge in [0, 0.05) is 31.0 Å². The van der Waals surface area contributed by atoms with E-state index in [0.29, 0.717) is 6.54 Å². The minimum atomic E-state index is -0.240. The number of anilines is 1. The molecular formula is C17H25N5O2. The Labute approximate surface area is 142 Å². The number of hydrogen-bond acceptors (Lipinski definition) is 4. The van der Waals surface area contributed by atoms with Crippen LogP contribution in [0.2, 0.25) is 0 Å². The summed E-state index contributed by atoms with van der Waals surface area (Å²) in [6.45, 7) is 2.42. The van der Waals surface area contributed by atoms with Crippen LogP contribution in [0.25, 0.3) is 0 Å². The van der Waals surface area contributed by atoms with E-state index in [-0.39, 0.29) is 12.1 Å². The fraction of sp³-hybridized carbons (Fsp3) is 0.412. The van der Waals surface area contributed by atoms with Crippen molar-refractivity contribution < 1.29 is 9.53 Å². The highest BCUT2D eigenvalue weighted by atomic mass is 16.5. The standard InChI is InChI=1S/C17H25N5O2/c1-12-8-14(6-7-16(12)24-5)20-17(23)18-10-15(21(2)3)13-9-19-22(4)11-13/h6-9,11,15H,10H2,1-5H3,(H2,18,20,23). The number of methoxy groups -OCH3 is 1. The molecular weight excluding hydrogens is 306 g/mol. The zero-order chi connectivity index (χ0) is 17.7. The number of likely N-dealkylation sites (N-methyl/N-ethyl adjacent to an activating group) is 1. The summed E-state index contributed by atoms with van der Waals surface area (Å²) in [6, 6.07) is 5.35. The molecule has 0 saturated carbocycles. The second kappa shape index (κ2) is 7.83. The molecule has 2 N–H and O–H groups in total. The Morgan fingerprint density at radius 2 is 2.17 bits per heavy atom. The van der Waals surface area contributed by atoms with Crippen molar-refractivity contribution in [1.29, 1.82) is 0 Å². The molecule has 0 fully saturated rings. The summed E-state index contributed by atoms with van der Waals surface area (Å²) in [6.07, 6.45) is 3.77. The number of urea groups is 1. The van der Waals surface area contributed by atoms with E-state index in [9.17, 15) is 4.79 Å². The highest BCUT2D eigenvalue weighted by Crippen LogP contribution is 2.21. The summed E-state index contributed by atoms with van der Waals surface area (Å²) in [4.78, 5) is 14.2. The summed E-state index contributed by atoms with van der Waals surface area (Å²) in [7, 11) is 7.46. The summed E-state index contributed by atoms with van der Waals surface area (Å²) < 4.78 is 6.98. The van der Waals surface area contributed by atoms with E-state index >= 15 is 0 Å². The van der Waals surface area contributed by atoms with Gasteiger partial charge in [0.25, 0.3) is 0 Å². The maximum atomic E-state index is 12.1. The Bertz CT molecular complexity index is 696. The van der Waals surface area contributed by atoms with Crippen LogP contribution < -0.4 is 15.4 Å². The number of amides is 2. The highest BCUT2D eigenvalue weighted by Gasteiger charge is 2.17. The molecule has 0 aliphatic carbocycles. The lowest BCUT2D eigenvalue weighted by atomic mass is 10.1. The maximum absolute atomic E-state index is 12.1. The Morgan fingerprint density at radius 1 is 1.42 bits per heavy atom. The van der Waals surface area contributed by atoms with E-state index in [0.717, 1.165) is 22.6 Å². The van der Waals surface area contributed by atoms with Gasteiger partial charge in [-0.25, -0.2) is 4.79 Å². The molecule has 7 nitrogen and oxygen atoms in total. The smallest absolute Gasteiger partial charge is 0.319 e. The average molecular weight is 331 g/mol. The summed E-state index contributed by atoms with van der Waals surface area (Å²) in [5, 5.41) is 9.94. The van der Waals surface area contributed by atoms with E-state index in [2.05, 4.69) is 20.6 Å². The molecule has 0 bridgehead atoms. The number of carbonyl (C=O) groups is 1. The van der Waals surface area contributed by atoms with Crippen LogP contribution in [0.3, 0.4) is 0 Å². The van der Waals surface area contributed by atoms with E-state index in [1.807, 2.05) is 58.7 Å². The summed E-state index contributed by atoms with van der Waals surface area (Å²) in [5.41, 5.74) is 2.76. The van der Waals surface area contributed by atoms with Crippen LogP contribution >= 0.6 is 0 Å². The molecule has 2 aromatic rings. The molecule has 0 radical (unpaired) electrons. The van der Waals surface area contributed by atoms with Gasteiger partial charge in [-0.1, -0.05) is 0 Å². The normalized spacial score (nSPS) is 12.1. The number of aromatic nitrogens is 2. The molecule has 7 heteroatoms. The summed E-state index contributed by atoms with van der Waals surface area (Å²) >= 11 is 0. The van der Waals surface area contributed by atoms with Crippen LogP contribution in [0, 0.1) is 6.92 Å². The van der Waals surface area contributed by atoms with Gasteiger partial charge in [0.05, 0.1) is 19.3 Å². The minimum Gasteiger partial charge on any atom is -0.496 e. The van der Waals surface area contributed by atoms with Gasteiger partial charge in [-0.2, -0.15) is 5.10 Å². The van der Waals surface area contributed by atoms with Crippen LogP contribution in [0.1, 0.15) is 17.2 Å². The predicted molar refractivity (Wildman–Crippen MR) is 94.4 cm³/mol. The number of benzene rings is 1. The van der Waals surface area contributed by atoms with Crippen LogP contribution in [-0.4, -0.2) is 48.5 Å². The highest BCUT2D eigenvalue weighted by molar-refractivity contribution is 5.89. The molecule has 2 rings (SSSR count). The third kappa shape index (κ3) is 4.48. The van der Waals surface area contributed by atoms with Gasteiger partial charge in [0.2, 0.25) is 0 Å². The largest absolute Gasteiger partial charge is 0.496 e. The number of nitrogens with zero attached hydrogens (tertiary/aromatic N) is 3. The van der Waals surface area contributed by atoms with Crippen LogP contribution in [0.5, 0.6) is 5.75 Å². The van der Waals surface area contributed by atoms with Gasteiger partial charge in [0.1, 0.15) is 5.75 Å². The third-order valence-electron chi connectivity index (χ3n) is 3.84. The Balaban J connectivity index is 1.95. The molecule has 24 heavy (non-hydrogen) atoms. The van der Waals surface area contributed by atoms with Gasteiger partial charge in [-0.15, -0.1) is 0 Å². The Morgan fingerprint density at radius 3 is 2.71 bits per heavy atom. The van der Waals surface area contributed by atoms with E-state index in [1.165, 1.54) is 0 Å². The SMILES string of the molecule is COc1ccc(NC(=O)NCC(c2cnn(C)c2)N(C)C)cc1C. The van der Waals surface area contributed by atoms with Crippen molar-refractivity contribution in [2.24, 2.45) is 7.05 Å². The fourth-order valence-corrected chi connectivity index (χ4v) is 2.53. The quantitative estimate of drug-likeness (QED) is 0.851. The van der Waals surface area contributed by atoms with Crippen molar-refractivity contribution in [2.45, 2.75) is 13.0 Å². The number of aryl methyl sites for hydroxylation is 2. The van der Waals surface area contributed by atoms with Crippen molar-refractivity contribution in [1.82, 2.24) is 20.0 Å². The van der Waals surface area contributed by atoms with Gasteiger partial charge in [-0.3, -0.25) is 4.68 Å². The molecule has 0 spiro atoms. The number of rotatable bonds is 6. The zero-order valence-corrected chi connectivity index (χ0v) is 14.8. The van der Waals surface area contributed by atoms with Crippen molar-refractivity contribution in [2.75, 3.05) is 33.1 Å². The van der Waals surface area contributed by atoms with E-state index < -0.39 is 0 Å². The minimum absolute atomic E-state index is 0.0575. The van der Waals surface area contributed by atoms with Crippen molar-refractivity contribution >= 4 is 11.7 Å². The molecule has 2 amide bonds. The molecule has 1 unspecified atom stereocenters. The van der Waals surface area contributed by atoms with Crippen LogP contribution in [0.4, 0.5) is 10.5 Å². The molecule has 1 aromatic heterocycles. The second-order valence-electron chi connectivity index (χ2n) is 5.95. The van der Waals surface area contributed by atoms with E-state index in [1.54, 1.807) is 11.8 Å². The first-order valence-corrected chi connectivity index (χ1v) is 7.75. The molecule has 0 saturated heterocycles. The predicted octanol–water partition coefficient (Wildman–Crippen LogP) is 2.16. The number of hydrogen-bond donors (Lipinski definition) is 2. The molecule has 0 aliphatic rings. The lowest BCUT2D eigenvalue weighted by molar-refractivity contribution is 0.243. The van der Waals surface area contributed by atoms with Gasteiger partial charge in [-0.05, 0) is 44.8 Å². The van der Waals surface area contributed by atoms with Gasteiger partial charge in [0.15, 0.2) is 0 Å². The lowest BCUT2D eigenvalue weighted by Crippen LogP contribution is -2.36. The number of ether oxygens (including phenoxy) is 1.